The number of pyridine rings is 1. The van der Waals surface area contributed by atoms with Crippen LogP contribution in [-0.4, -0.2) is 24.0 Å². The number of benzene rings is 2. The second-order valence-electron chi connectivity index (χ2n) is 8.66. The van der Waals surface area contributed by atoms with E-state index < -0.39 is 23.6 Å². The number of carbonyl (C=O) groups excluding carboxylic acids is 1. The highest BCUT2D eigenvalue weighted by atomic mass is 35.5. The van der Waals surface area contributed by atoms with Gasteiger partial charge in [-0.1, -0.05) is 23.2 Å². The predicted octanol–water partition coefficient (Wildman–Crippen LogP) is 7.24. The first-order valence-corrected chi connectivity index (χ1v) is 11.8. The van der Waals surface area contributed by atoms with Gasteiger partial charge >= 0.3 is 6.18 Å². The van der Waals surface area contributed by atoms with E-state index in [0.29, 0.717) is 48.1 Å². The van der Waals surface area contributed by atoms with E-state index in [-0.39, 0.29) is 33.8 Å². The Morgan fingerprint density at radius 1 is 1.11 bits per heavy atom. The molecule has 4 nitrogen and oxygen atoms in total. The smallest absolute Gasteiger partial charge is 0.433 e. The number of nitrogens with zero attached hydrogens (tertiary/aromatic N) is 1. The van der Waals surface area contributed by atoms with Gasteiger partial charge in [-0.05, 0) is 80.0 Å². The topological polar surface area (TPSA) is 51.2 Å². The molecule has 1 aromatic heterocycles. The van der Waals surface area contributed by atoms with Crippen molar-refractivity contribution < 1.29 is 27.1 Å². The summed E-state index contributed by atoms with van der Waals surface area (Å²) in [6.45, 7) is 0. The van der Waals surface area contributed by atoms with Gasteiger partial charge in [-0.3, -0.25) is 4.79 Å². The number of hydrogen-bond donors (Lipinski definition) is 1. The Morgan fingerprint density at radius 2 is 1.83 bits per heavy atom. The maximum atomic E-state index is 14.3. The van der Waals surface area contributed by atoms with Gasteiger partial charge in [-0.2, -0.15) is 13.2 Å². The molecule has 1 heterocycles. The molecule has 0 bridgehead atoms. The molecule has 0 aliphatic heterocycles. The van der Waals surface area contributed by atoms with E-state index in [1.807, 2.05) is 0 Å². The molecule has 1 fully saturated rings. The third kappa shape index (κ3) is 5.64. The van der Waals surface area contributed by atoms with Gasteiger partial charge in [-0.25, -0.2) is 9.37 Å². The molecule has 1 amide bonds. The zero-order valence-electron chi connectivity index (χ0n) is 18.7. The zero-order chi connectivity index (χ0) is 25.3. The van der Waals surface area contributed by atoms with E-state index in [2.05, 4.69) is 10.3 Å². The van der Waals surface area contributed by atoms with Crippen LogP contribution < -0.4 is 10.1 Å². The van der Waals surface area contributed by atoms with E-state index in [1.165, 1.54) is 25.3 Å². The molecule has 0 radical (unpaired) electrons. The van der Waals surface area contributed by atoms with Crippen LogP contribution in [0.2, 0.25) is 10.0 Å². The van der Waals surface area contributed by atoms with Gasteiger partial charge in [0.05, 0.1) is 23.2 Å². The SMILES string of the molecule is COc1ccc(F)c(C(=O)N[C@H]2CC[C@@H](Cc3cc(C(F)(F)F)nc4ccc(Cl)cc34)CC2)c1Cl. The second kappa shape index (κ2) is 10.2. The van der Waals surface area contributed by atoms with Gasteiger partial charge in [0.1, 0.15) is 17.3 Å². The van der Waals surface area contributed by atoms with Crippen LogP contribution in [0.1, 0.15) is 47.3 Å². The van der Waals surface area contributed by atoms with Crippen LogP contribution in [0.3, 0.4) is 0 Å². The van der Waals surface area contributed by atoms with Crippen LogP contribution in [0, 0.1) is 11.7 Å². The van der Waals surface area contributed by atoms with Crippen LogP contribution in [0.5, 0.6) is 5.75 Å². The molecule has 186 valence electrons. The number of amides is 1. The molecule has 0 saturated heterocycles. The number of fused-ring (bicyclic) bond motifs is 1. The first-order valence-electron chi connectivity index (χ1n) is 11.1. The van der Waals surface area contributed by atoms with Crippen LogP contribution in [0.15, 0.2) is 36.4 Å². The van der Waals surface area contributed by atoms with Crippen molar-refractivity contribution >= 4 is 40.0 Å². The first-order chi connectivity index (χ1) is 16.6. The van der Waals surface area contributed by atoms with Crippen molar-refractivity contribution in [1.29, 1.82) is 0 Å². The summed E-state index contributed by atoms with van der Waals surface area (Å²) in [6.07, 6.45) is -1.54. The zero-order valence-corrected chi connectivity index (χ0v) is 20.2. The van der Waals surface area contributed by atoms with E-state index in [9.17, 15) is 22.4 Å². The summed E-state index contributed by atoms with van der Waals surface area (Å²) in [5.41, 5.74) is -0.409. The maximum Gasteiger partial charge on any atom is 0.433 e. The Labute approximate surface area is 209 Å². The van der Waals surface area contributed by atoms with Crippen molar-refractivity contribution in [2.75, 3.05) is 7.11 Å². The third-order valence-corrected chi connectivity index (χ3v) is 6.95. The van der Waals surface area contributed by atoms with Gasteiger partial charge in [0.15, 0.2) is 0 Å². The van der Waals surface area contributed by atoms with Gasteiger partial charge in [0.2, 0.25) is 0 Å². The molecule has 2 aromatic carbocycles. The lowest BCUT2D eigenvalue weighted by atomic mass is 9.81. The summed E-state index contributed by atoms with van der Waals surface area (Å²) in [7, 11) is 1.37. The number of methoxy groups -OCH3 is 1. The van der Waals surface area contributed by atoms with Crippen LogP contribution >= 0.6 is 23.2 Å². The molecule has 1 aliphatic rings. The number of carbonyl (C=O) groups is 1. The molecule has 0 spiro atoms. The minimum Gasteiger partial charge on any atom is -0.495 e. The molecule has 35 heavy (non-hydrogen) atoms. The highest BCUT2D eigenvalue weighted by molar-refractivity contribution is 6.35. The number of rotatable bonds is 5. The maximum absolute atomic E-state index is 14.3. The second-order valence-corrected chi connectivity index (χ2v) is 9.47. The number of aromatic nitrogens is 1. The van der Waals surface area contributed by atoms with Crippen LogP contribution in [0.25, 0.3) is 10.9 Å². The Balaban J connectivity index is 1.46. The molecule has 3 aromatic rings. The monoisotopic (exact) mass is 528 g/mol. The van der Waals surface area contributed by atoms with E-state index >= 15 is 0 Å². The van der Waals surface area contributed by atoms with Crippen molar-refractivity contribution in [3.63, 3.8) is 0 Å². The fourth-order valence-corrected chi connectivity index (χ4v) is 5.05. The van der Waals surface area contributed by atoms with Crippen molar-refractivity contribution in [2.24, 2.45) is 5.92 Å². The molecular formula is C25H22Cl2F4N2O2. The molecule has 1 N–H and O–H groups in total. The molecule has 1 saturated carbocycles. The Kier molecular flexibility index (Phi) is 7.43. The van der Waals surface area contributed by atoms with Crippen molar-refractivity contribution in [2.45, 2.75) is 44.3 Å². The molecule has 4 rings (SSSR count). The standard InChI is InChI=1S/C25H22Cl2F4N2O2/c1-35-20-9-7-18(28)22(23(20)27)24(34)32-16-5-2-13(3-6-16)10-14-11-21(25(29,30)31)33-19-8-4-15(26)12-17(14)19/h4,7-9,11-13,16H,2-3,5-6,10H2,1H3,(H,32,34)/t13-,16+. The fourth-order valence-electron chi connectivity index (χ4n) is 4.56. The number of alkyl halides is 3. The van der Waals surface area contributed by atoms with E-state index in [1.54, 1.807) is 6.07 Å². The molecule has 0 unspecified atom stereocenters. The lowest BCUT2D eigenvalue weighted by Crippen LogP contribution is -2.38. The Morgan fingerprint density at radius 3 is 2.49 bits per heavy atom. The largest absolute Gasteiger partial charge is 0.495 e. The average Bonchev–Trinajstić information content (AvgIpc) is 2.80. The predicted molar refractivity (Wildman–Crippen MR) is 127 cm³/mol. The highest BCUT2D eigenvalue weighted by Crippen LogP contribution is 2.35. The van der Waals surface area contributed by atoms with Gasteiger partial charge in [-0.15, -0.1) is 0 Å². The fraction of sp³-hybridized carbons (Fsp3) is 0.360. The normalized spacial score (nSPS) is 18.5. The summed E-state index contributed by atoms with van der Waals surface area (Å²) in [4.78, 5) is 16.4. The summed E-state index contributed by atoms with van der Waals surface area (Å²) >= 11 is 12.2. The van der Waals surface area contributed by atoms with Crippen molar-refractivity contribution in [3.05, 3.63) is 69.1 Å². The number of nitrogens with one attached hydrogen (secondary N) is 1. The van der Waals surface area contributed by atoms with Crippen LogP contribution in [0.4, 0.5) is 17.6 Å². The molecular weight excluding hydrogens is 507 g/mol. The minimum atomic E-state index is -4.55. The molecule has 0 atom stereocenters. The lowest BCUT2D eigenvalue weighted by molar-refractivity contribution is -0.141. The Bertz CT molecular complexity index is 1260. The van der Waals surface area contributed by atoms with Crippen LogP contribution in [-0.2, 0) is 12.6 Å². The Hall–Kier alpha value is -2.58. The third-order valence-electron chi connectivity index (χ3n) is 6.34. The first kappa shape index (κ1) is 25.5. The summed E-state index contributed by atoms with van der Waals surface area (Å²) in [6, 6.07) is 8.02. The average molecular weight is 529 g/mol. The molecule has 10 heteroatoms. The lowest BCUT2D eigenvalue weighted by Gasteiger charge is -2.29. The van der Waals surface area contributed by atoms with Gasteiger partial charge in [0.25, 0.3) is 5.91 Å². The van der Waals surface area contributed by atoms with Gasteiger partial charge < -0.3 is 10.1 Å². The summed E-state index contributed by atoms with van der Waals surface area (Å²) in [5, 5.41) is 3.76. The molecule has 1 aliphatic carbocycles. The number of hydrogen-bond acceptors (Lipinski definition) is 3. The van der Waals surface area contributed by atoms with Crippen molar-refractivity contribution in [3.8, 4) is 5.75 Å². The van der Waals surface area contributed by atoms with E-state index in [4.69, 9.17) is 27.9 Å². The highest BCUT2D eigenvalue weighted by Gasteiger charge is 2.34. The quantitative estimate of drug-likeness (QED) is 0.355. The number of halogens is 6. The van der Waals surface area contributed by atoms with E-state index in [0.717, 1.165) is 12.1 Å². The van der Waals surface area contributed by atoms with Gasteiger partial charge in [0, 0.05) is 16.5 Å². The minimum absolute atomic E-state index is 0.0950. The summed E-state index contributed by atoms with van der Waals surface area (Å²) < 4.78 is 59.5. The number of ether oxygens (including phenoxy) is 1. The van der Waals surface area contributed by atoms with Crippen molar-refractivity contribution in [1.82, 2.24) is 10.3 Å². The summed E-state index contributed by atoms with van der Waals surface area (Å²) in [5.74, 6) is -1.05.